The minimum Gasteiger partial charge on any atom is -0.292 e. The maximum Gasteiger partial charge on any atom is 0.282 e. The number of rotatable bonds is 5. The van der Waals surface area contributed by atoms with Gasteiger partial charge in [0.25, 0.3) is 17.7 Å². The summed E-state index contributed by atoms with van der Waals surface area (Å²) in [6, 6.07) is 11.1. The molecule has 6 nitrogen and oxygen atoms in total. The van der Waals surface area contributed by atoms with Crippen molar-refractivity contribution >= 4 is 81.5 Å². The predicted octanol–water partition coefficient (Wildman–Crippen LogP) is 7.19. The molecule has 3 amide bonds. The molecule has 0 spiro atoms. The second kappa shape index (κ2) is 10.0. The average Bonchev–Trinajstić information content (AvgIpc) is 3.12. The Morgan fingerprint density at radius 1 is 0.722 bits per heavy atom. The van der Waals surface area contributed by atoms with E-state index in [2.05, 4.69) is 0 Å². The molecule has 1 heterocycles. The van der Waals surface area contributed by atoms with Crippen LogP contribution in [0.1, 0.15) is 53.9 Å². The Kier molecular flexibility index (Phi) is 7.37. The Morgan fingerprint density at radius 2 is 1.17 bits per heavy atom. The fourth-order valence-corrected chi connectivity index (χ4v) is 4.91. The second-order valence-corrected chi connectivity index (χ2v) is 9.94. The van der Waals surface area contributed by atoms with Crippen LogP contribution in [0.5, 0.6) is 0 Å². The SMILES string of the molecule is Cc1ccc(C(=O)[C@@H](C)N(C(=O)c2ccc(Cl)cc2)N2C(=O)c3c(Cl)c(Cl)c(Cl)c(Cl)c3C2=O)cc1. The molecule has 11 heteroatoms. The molecule has 0 radical (unpaired) electrons. The van der Waals surface area contributed by atoms with Gasteiger partial charge in [0.1, 0.15) is 6.04 Å². The quantitative estimate of drug-likeness (QED) is 0.138. The molecular formula is C25H15Cl5N2O4. The first-order valence-corrected chi connectivity index (χ1v) is 12.3. The third kappa shape index (κ3) is 4.38. The number of amides is 3. The Labute approximate surface area is 231 Å². The fourth-order valence-electron chi connectivity index (χ4n) is 3.77. The zero-order chi connectivity index (χ0) is 26.5. The van der Waals surface area contributed by atoms with E-state index in [0.29, 0.717) is 10.0 Å². The van der Waals surface area contributed by atoms with Gasteiger partial charge >= 0.3 is 0 Å². The average molecular weight is 585 g/mol. The standard InChI is InChI=1S/C25H15Cl5N2O4/c1-11-3-5-13(6-4-11)22(33)12(2)31(23(34)14-7-9-15(26)10-8-14)32-24(35)16-17(25(32)36)19(28)21(30)20(29)18(16)27/h3-10,12H,1-2H3/t12-/m1/s1. The van der Waals surface area contributed by atoms with E-state index in [4.69, 9.17) is 58.0 Å². The molecule has 3 aromatic rings. The molecule has 0 unspecified atom stereocenters. The summed E-state index contributed by atoms with van der Waals surface area (Å²) in [4.78, 5) is 54.1. The smallest absolute Gasteiger partial charge is 0.282 e. The zero-order valence-corrected chi connectivity index (χ0v) is 22.4. The topological polar surface area (TPSA) is 74.8 Å². The number of hydrazine groups is 1. The Hall–Kier alpha value is -2.61. The van der Waals surface area contributed by atoms with Crippen LogP contribution < -0.4 is 0 Å². The van der Waals surface area contributed by atoms with Gasteiger partial charge in [-0.2, -0.15) is 5.01 Å². The number of halogens is 5. The van der Waals surface area contributed by atoms with Gasteiger partial charge in [-0.25, -0.2) is 5.01 Å². The van der Waals surface area contributed by atoms with Gasteiger partial charge in [0.2, 0.25) is 0 Å². The number of hydrogen-bond acceptors (Lipinski definition) is 4. The van der Waals surface area contributed by atoms with Crippen LogP contribution in [0.2, 0.25) is 25.1 Å². The first-order chi connectivity index (χ1) is 17.0. The van der Waals surface area contributed by atoms with Gasteiger partial charge < -0.3 is 0 Å². The van der Waals surface area contributed by atoms with E-state index in [9.17, 15) is 19.2 Å². The van der Waals surface area contributed by atoms with Crippen LogP contribution in [-0.2, 0) is 0 Å². The number of ketones is 1. The highest BCUT2D eigenvalue weighted by atomic mass is 35.5. The molecule has 4 rings (SSSR count). The maximum absolute atomic E-state index is 13.7. The Morgan fingerprint density at radius 3 is 1.64 bits per heavy atom. The van der Waals surface area contributed by atoms with Crippen LogP contribution >= 0.6 is 58.0 Å². The van der Waals surface area contributed by atoms with E-state index >= 15 is 0 Å². The van der Waals surface area contributed by atoms with Gasteiger partial charge in [0, 0.05) is 16.1 Å². The number of fused-ring (bicyclic) bond motifs is 1. The molecule has 0 aromatic heterocycles. The second-order valence-electron chi connectivity index (χ2n) is 7.99. The summed E-state index contributed by atoms with van der Waals surface area (Å²) in [6.07, 6.45) is 0. The number of carbonyl (C=O) groups is 4. The number of imide groups is 1. The molecule has 1 aliphatic rings. The molecule has 184 valence electrons. The lowest BCUT2D eigenvalue weighted by Crippen LogP contribution is -2.56. The van der Waals surface area contributed by atoms with Gasteiger partial charge in [-0.15, -0.1) is 0 Å². The number of nitrogens with zero attached hydrogens (tertiary/aromatic N) is 2. The lowest BCUT2D eigenvalue weighted by atomic mass is 10.0. The largest absolute Gasteiger partial charge is 0.292 e. The summed E-state index contributed by atoms with van der Waals surface area (Å²) >= 11 is 30.7. The van der Waals surface area contributed by atoms with E-state index in [1.54, 1.807) is 24.3 Å². The van der Waals surface area contributed by atoms with Crippen molar-refractivity contribution in [2.24, 2.45) is 0 Å². The predicted molar refractivity (Wildman–Crippen MR) is 140 cm³/mol. The highest BCUT2D eigenvalue weighted by molar-refractivity contribution is 6.55. The molecule has 0 aliphatic carbocycles. The van der Waals surface area contributed by atoms with Crippen LogP contribution in [0, 0.1) is 6.92 Å². The van der Waals surface area contributed by atoms with Crippen molar-refractivity contribution in [2.45, 2.75) is 19.9 Å². The van der Waals surface area contributed by atoms with E-state index < -0.39 is 29.5 Å². The molecule has 1 aliphatic heterocycles. The summed E-state index contributed by atoms with van der Waals surface area (Å²) < 4.78 is 0. The van der Waals surface area contributed by atoms with E-state index in [-0.39, 0.29) is 42.3 Å². The lowest BCUT2D eigenvalue weighted by molar-refractivity contribution is -0.00679. The molecule has 36 heavy (non-hydrogen) atoms. The summed E-state index contributed by atoms with van der Waals surface area (Å²) in [5, 5.41) is 0.670. The molecule has 0 saturated carbocycles. The zero-order valence-electron chi connectivity index (χ0n) is 18.6. The lowest BCUT2D eigenvalue weighted by Gasteiger charge is -2.34. The number of hydrogen-bond donors (Lipinski definition) is 0. The normalized spacial score (nSPS) is 13.6. The maximum atomic E-state index is 13.7. The number of aryl methyl sites for hydroxylation is 1. The third-order valence-corrected chi connectivity index (χ3v) is 7.73. The monoisotopic (exact) mass is 582 g/mol. The van der Waals surface area contributed by atoms with E-state index in [1.807, 2.05) is 6.92 Å². The van der Waals surface area contributed by atoms with Crippen LogP contribution in [0.15, 0.2) is 48.5 Å². The summed E-state index contributed by atoms with van der Waals surface area (Å²) in [6.45, 7) is 3.26. The summed E-state index contributed by atoms with van der Waals surface area (Å²) in [7, 11) is 0. The summed E-state index contributed by atoms with van der Waals surface area (Å²) in [5.41, 5.74) is 0.648. The van der Waals surface area contributed by atoms with Crippen molar-refractivity contribution in [1.82, 2.24) is 10.0 Å². The Balaban J connectivity index is 1.86. The van der Waals surface area contributed by atoms with Crippen molar-refractivity contribution < 1.29 is 19.2 Å². The number of benzene rings is 3. The molecular weight excluding hydrogens is 570 g/mol. The number of Topliss-reactive ketones (excluding diaryl/α,β-unsaturated/α-hetero) is 1. The molecule has 0 saturated heterocycles. The fraction of sp³-hybridized carbons (Fsp3) is 0.120. The first-order valence-electron chi connectivity index (χ1n) is 10.4. The molecule has 0 N–H and O–H groups in total. The molecule has 0 fully saturated rings. The first kappa shape index (κ1) is 26.5. The van der Waals surface area contributed by atoms with Crippen LogP contribution in [-0.4, -0.2) is 39.6 Å². The van der Waals surface area contributed by atoms with Gasteiger partial charge in [0.15, 0.2) is 5.78 Å². The minimum absolute atomic E-state index is 0.0766. The van der Waals surface area contributed by atoms with Gasteiger partial charge in [0.05, 0.1) is 31.2 Å². The van der Waals surface area contributed by atoms with Gasteiger partial charge in [-0.1, -0.05) is 87.8 Å². The van der Waals surface area contributed by atoms with Crippen molar-refractivity contribution in [3.05, 3.63) is 101 Å². The highest BCUT2D eigenvalue weighted by Gasteiger charge is 2.48. The van der Waals surface area contributed by atoms with E-state index in [1.165, 1.54) is 31.2 Å². The van der Waals surface area contributed by atoms with Gasteiger partial charge in [-0.3, -0.25) is 19.2 Å². The summed E-state index contributed by atoms with van der Waals surface area (Å²) in [5.74, 6) is -3.28. The molecule has 0 bridgehead atoms. The van der Waals surface area contributed by atoms with E-state index in [0.717, 1.165) is 10.6 Å². The third-order valence-electron chi connectivity index (χ3n) is 5.68. The minimum atomic E-state index is -1.29. The van der Waals surface area contributed by atoms with Crippen LogP contribution in [0.3, 0.4) is 0 Å². The highest BCUT2D eigenvalue weighted by Crippen LogP contribution is 2.45. The van der Waals surface area contributed by atoms with Crippen molar-refractivity contribution in [2.75, 3.05) is 0 Å². The van der Waals surface area contributed by atoms with Gasteiger partial charge in [-0.05, 0) is 38.1 Å². The molecule has 3 aromatic carbocycles. The van der Waals surface area contributed by atoms with Crippen molar-refractivity contribution in [1.29, 1.82) is 0 Å². The van der Waals surface area contributed by atoms with Crippen molar-refractivity contribution in [3.8, 4) is 0 Å². The van der Waals surface area contributed by atoms with Crippen LogP contribution in [0.25, 0.3) is 0 Å². The number of carbonyl (C=O) groups excluding carboxylic acids is 4. The Bertz CT molecular complexity index is 1390. The van der Waals surface area contributed by atoms with Crippen LogP contribution in [0.4, 0.5) is 0 Å². The molecule has 1 atom stereocenters. The van der Waals surface area contributed by atoms with Crippen molar-refractivity contribution in [3.63, 3.8) is 0 Å².